The van der Waals surface area contributed by atoms with Crippen molar-refractivity contribution < 1.29 is 14.7 Å². The van der Waals surface area contributed by atoms with Crippen LogP contribution in [0.15, 0.2) is 0 Å². The van der Waals surface area contributed by atoms with E-state index < -0.39 is 5.97 Å². The lowest BCUT2D eigenvalue weighted by molar-refractivity contribution is -0.146. The number of rotatable bonds is 3. The molecule has 114 valence electrons. The van der Waals surface area contributed by atoms with Gasteiger partial charge in [-0.05, 0) is 18.8 Å². The van der Waals surface area contributed by atoms with Gasteiger partial charge in [0.05, 0.1) is 5.92 Å². The van der Waals surface area contributed by atoms with Gasteiger partial charge in [-0.25, -0.2) is 4.79 Å². The van der Waals surface area contributed by atoms with Crippen molar-refractivity contribution in [3.63, 3.8) is 0 Å². The van der Waals surface area contributed by atoms with Gasteiger partial charge in [-0.1, -0.05) is 6.92 Å². The van der Waals surface area contributed by atoms with E-state index in [-0.39, 0.29) is 17.9 Å². The topological polar surface area (TPSA) is 64.1 Å². The van der Waals surface area contributed by atoms with E-state index in [2.05, 4.69) is 4.90 Å². The predicted molar refractivity (Wildman–Crippen MR) is 75.5 cm³/mol. The summed E-state index contributed by atoms with van der Waals surface area (Å²) in [5, 5.41) is 8.99. The summed E-state index contributed by atoms with van der Waals surface area (Å²) in [6.45, 7) is 5.18. The average Bonchev–Trinajstić information content (AvgIpc) is 2.36. The highest BCUT2D eigenvalue weighted by Crippen LogP contribution is 2.29. The second-order valence-corrected chi connectivity index (χ2v) is 6.24. The first kappa shape index (κ1) is 15.1. The maximum Gasteiger partial charge on any atom is 0.319 e. The number of urea groups is 1. The summed E-state index contributed by atoms with van der Waals surface area (Å²) in [6, 6.07) is 0.600. The van der Waals surface area contributed by atoms with Crippen molar-refractivity contribution in [3.8, 4) is 0 Å². The van der Waals surface area contributed by atoms with Crippen LogP contribution in [-0.4, -0.2) is 78.1 Å². The van der Waals surface area contributed by atoms with E-state index in [1.165, 1.54) is 0 Å². The summed E-state index contributed by atoms with van der Waals surface area (Å²) in [5.41, 5.74) is 0. The number of nitrogens with zero attached hydrogens (tertiary/aromatic N) is 3. The molecule has 1 N–H and O–H groups in total. The zero-order valence-corrected chi connectivity index (χ0v) is 12.6. The van der Waals surface area contributed by atoms with Gasteiger partial charge in [0, 0.05) is 46.3 Å². The lowest BCUT2D eigenvalue weighted by atomic mass is 9.84. The Morgan fingerprint density at radius 3 is 2.20 bits per heavy atom. The Kier molecular flexibility index (Phi) is 4.52. The van der Waals surface area contributed by atoms with Crippen LogP contribution >= 0.6 is 0 Å². The van der Waals surface area contributed by atoms with Crippen LogP contribution in [-0.2, 0) is 4.79 Å². The molecule has 2 fully saturated rings. The van der Waals surface area contributed by atoms with Crippen LogP contribution in [0, 0.1) is 11.8 Å². The van der Waals surface area contributed by atoms with Gasteiger partial charge in [0.1, 0.15) is 0 Å². The first-order valence-corrected chi connectivity index (χ1v) is 7.33. The number of carbonyl (C=O) groups excluding carboxylic acids is 1. The van der Waals surface area contributed by atoms with Crippen molar-refractivity contribution >= 4 is 12.0 Å². The maximum absolute atomic E-state index is 11.8. The highest BCUT2D eigenvalue weighted by Gasteiger charge is 2.39. The highest BCUT2D eigenvalue weighted by molar-refractivity contribution is 5.73. The zero-order valence-electron chi connectivity index (χ0n) is 12.6. The Bertz CT molecular complexity index is 372. The molecule has 2 aliphatic rings. The Balaban J connectivity index is 1.74. The van der Waals surface area contributed by atoms with Crippen molar-refractivity contribution in [2.75, 3.05) is 40.3 Å². The SMILES string of the molecule is CC(C(=O)O)C1CN(C2CCN(C(=O)N(C)C)CC2)C1. The maximum atomic E-state index is 11.8. The van der Waals surface area contributed by atoms with E-state index in [0.717, 1.165) is 39.0 Å². The average molecular weight is 283 g/mol. The van der Waals surface area contributed by atoms with Gasteiger partial charge in [-0.15, -0.1) is 0 Å². The number of aliphatic carboxylic acids is 1. The van der Waals surface area contributed by atoms with Gasteiger partial charge in [0.15, 0.2) is 0 Å². The fourth-order valence-electron chi connectivity index (χ4n) is 3.07. The van der Waals surface area contributed by atoms with Gasteiger partial charge in [0.2, 0.25) is 0 Å². The first-order chi connectivity index (χ1) is 9.40. The summed E-state index contributed by atoms with van der Waals surface area (Å²) in [6.07, 6.45) is 1.99. The van der Waals surface area contributed by atoms with Gasteiger partial charge >= 0.3 is 12.0 Å². The minimum atomic E-state index is -0.693. The number of carbonyl (C=O) groups is 2. The molecule has 20 heavy (non-hydrogen) atoms. The van der Waals surface area contributed by atoms with Crippen LogP contribution < -0.4 is 0 Å². The summed E-state index contributed by atoms with van der Waals surface area (Å²) < 4.78 is 0. The summed E-state index contributed by atoms with van der Waals surface area (Å²) in [4.78, 5) is 28.7. The Labute approximate surface area is 120 Å². The molecule has 0 radical (unpaired) electrons. The molecule has 1 atom stereocenters. The third kappa shape index (κ3) is 3.06. The zero-order chi connectivity index (χ0) is 14.9. The van der Waals surface area contributed by atoms with Crippen LogP contribution in [0.5, 0.6) is 0 Å². The Morgan fingerprint density at radius 1 is 1.20 bits per heavy atom. The van der Waals surface area contributed by atoms with Crippen molar-refractivity contribution in [1.82, 2.24) is 14.7 Å². The molecule has 2 rings (SSSR count). The molecule has 0 spiro atoms. The van der Waals surface area contributed by atoms with Crippen molar-refractivity contribution in [2.45, 2.75) is 25.8 Å². The number of likely N-dealkylation sites (tertiary alicyclic amines) is 2. The summed E-state index contributed by atoms with van der Waals surface area (Å²) >= 11 is 0. The van der Waals surface area contributed by atoms with Gasteiger partial charge in [-0.3, -0.25) is 9.69 Å². The molecule has 2 aliphatic heterocycles. The van der Waals surface area contributed by atoms with E-state index in [4.69, 9.17) is 5.11 Å². The van der Waals surface area contributed by atoms with Crippen LogP contribution in [0.3, 0.4) is 0 Å². The smallest absolute Gasteiger partial charge is 0.319 e. The molecule has 6 heteroatoms. The largest absolute Gasteiger partial charge is 0.481 e. The first-order valence-electron chi connectivity index (χ1n) is 7.33. The molecule has 0 bridgehead atoms. The van der Waals surface area contributed by atoms with E-state index in [1.54, 1.807) is 25.9 Å². The normalized spacial score (nSPS) is 23.2. The monoisotopic (exact) mass is 283 g/mol. The van der Waals surface area contributed by atoms with Gasteiger partial charge in [0.25, 0.3) is 0 Å². The van der Waals surface area contributed by atoms with Crippen molar-refractivity contribution in [3.05, 3.63) is 0 Å². The molecule has 6 nitrogen and oxygen atoms in total. The van der Waals surface area contributed by atoms with E-state index in [9.17, 15) is 9.59 Å². The second kappa shape index (κ2) is 5.99. The molecule has 0 aromatic heterocycles. The van der Waals surface area contributed by atoms with Crippen LogP contribution in [0.4, 0.5) is 4.79 Å². The third-order valence-electron chi connectivity index (χ3n) is 4.67. The predicted octanol–water partition coefficient (Wildman–Crippen LogP) is 0.785. The van der Waals surface area contributed by atoms with Crippen molar-refractivity contribution in [1.29, 1.82) is 0 Å². The third-order valence-corrected chi connectivity index (χ3v) is 4.67. The number of hydrogen-bond donors (Lipinski definition) is 1. The fraction of sp³-hybridized carbons (Fsp3) is 0.857. The Morgan fingerprint density at radius 2 is 1.75 bits per heavy atom. The molecule has 0 aliphatic carbocycles. The van der Waals surface area contributed by atoms with Crippen LogP contribution in [0.2, 0.25) is 0 Å². The lowest BCUT2D eigenvalue weighted by Gasteiger charge is -2.48. The van der Waals surface area contributed by atoms with Crippen LogP contribution in [0.1, 0.15) is 19.8 Å². The standard InChI is InChI=1S/C14H25N3O3/c1-10(13(18)19)11-8-17(9-11)12-4-6-16(7-5-12)14(20)15(2)3/h10-12H,4-9H2,1-3H3,(H,18,19). The number of piperidine rings is 1. The second-order valence-electron chi connectivity index (χ2n) is 6.24. The van der Waals surface area contributed by atoms with Crippen molar-refractivity contribution in [2.24, 2.45) is 11.8 Å². The van der Waals surface area contributed by atoms with Gasteiger partial charge < -0.3 is 14.9 Å². The number of amides is 2. The molecule has 0 aromatic carbocycles. The molecule has 0 saturated carbocycles. The summed E-state index contributed by atoms with van der Waals surface area (Å²) in [7, 11) is 3.56. The quantitative estimate of drug-likeness (QED) is 0.831. The van der Waals surface area contributed by atoms with Gasteiger partial charge in [-0.2, -0.15) is 0 Å². The number of hydrogen-bond acceptors (Lipinski definition) is 3. The minimum absolute atomic E-state index is 0.0874. The fourth-order valence-corrected chi connectivity index (χ4v) is 3.07. The molecule has 2 amide bonds. The lowest BCUT2D eigenvalue weighted by Crippen LogP contribution is -2.58. The van der Waals surface area contributed by atoms with E-state index in [0.29, 0.717) is 6.04 Å². The highest BCUT2D eigenvalue weighted by atomic mass is 16.4. The molecular weight excluding hydrogens is 258 g/mol. The minimum Gasteiger partial charge on any atom is -0.481 e. The van der Waals surface area contributed by atoms with Crippen LogP contribution in [0.25, 0.3) is 0 Å². The molecule has 0 aromatic rings. The summed E-state index contributed by atoms with van der Waals surface area (Å²) in [5.74, 6) is -0.656. The van der Waals surface area contributed by atoms with E-state index in [1.807, 2.05) is 4.90 Å². The molecule has 2 heterocycles. The number of carboxylic acids is 1. The molecule has 2 saturated heterocycles. The molecule has 1 unspecified atom stereocenters. The number of carboxylic acid groups (broad SMARTS) is 1. The Hall–Kier alpha value is -1.30. The molecular formula is C14H25N3O3. The van der Waals surface area contributed by atoms with E-state index >= 15 is 0 Å².